The molecule has 6 nitrogen and oxygen atoms in total. The van der Waals surface area contributed by atoms with Gasteiger partial charge in [0.15, 0.2) is 5.11 Å². The highest BCUT2D eigenvalue weighted by molar-refractivity contribution is 7.80. The Kier molecular flexibility index (Phi) is 7.84. The topological polar surface area (TPSA) is 56.3 Å². The Balaban J connectivity index is 1.21. The van der Waals surface area contributed by atoms with Gasteiger partial charge in [-0.15, -0.1) is 0 Å². The number of aromatic nitrogens is 2. The third-order valence-electron chi connectivity index (χ3n) is 7.65. The number of benzene rings is 2. The van der Waals surface area contributed by atoms with Crippen molar-refractivity contribution < 1.29 is 4.39 Å². The predicted molar refractivity (Wildman–Crippen MR) is 153 cm³/mol. The molecule has 0 unspecified atom stereocenters. The second-order valence-corrected chi connectivity index (χ2v) is 10.6. The van der Waals surface area contributed by atoms with Crippen LogP contribution in [0.4, 0.5) is 21.8 Å². The summed E-state index contributed by atoms with van der Waals surface area (Å²) in [5.41, 5.74) is 3.29. The van der Waals surface area contributed by atoms with Crippen LogP contribution < -0.4 is 20.4 Å². The molecule has 2 fully saturated rings. The fourth-order valence-electron chi connectivity index (χ4n) is 5.60. The molecule has 3 aromatic rings. The van der Waals surface area contributed by atoms with Crippen LogP contribution in [0.2, 0.25) is 0 Å². The minimum absolute atomic E-state index is 0.0469. The highest BCUT2D eigenvalue weighted by Crippen LogP contribution is 2.39. The van der Waals surface area contributed by atoms with Crippen LogP contribution in [0.15, 0.2) is 60.7 Å². The average Bonchev–Trinajstić information content (AvgIpc) is 2.93. The van der Waals surface area contributed by atoms with E-state index in [0.717, 1.165) is 50.5 Å². The summed E-state index contributed by atoms with van der Waals surface area (Å²) in [7, 11) is 0. The van der Waals surface area contributed by atoms with Gasteiger partial charge in [0.1, 0.15) is 11.6 Å². The number of nitrogens with zero attached hydrogens (tertiary/aromatic N) is 4. The minimum Gasteiger partial charge on any atom is -0.368 e. The number of para-hydroxylation sites is 1. The van der Waals surface area contributed by atoms with Gasteiger partial charge in [0, 0.05) is 55.6 Å². The summed E-state index contributed by atoms with van der Waals surface area (Å²) in [6.07, 6.45) is 5.70. The average molecular weight is 519 g/mol. The van der Waals surface area contributed by atoms with Crippen LogP contribution in [0.25, 0.3) is 0 Å². The smallest absolute Gasteiger partial charge is 0.231 e. The van der Waals surface area contributed by atoms with Gasteiger partial charge in [-0.3, -0.25) is 0 Å². The Labute approximate surface area is 224 Å². The van der Waals surface area contributed by atoms with Gasteiger partial charge in [-0.1, -0.05) is 49.6 Å². The quantitative estimate of drug-likeness (QED) is 0.422. The maximum atomic E-state index is 13.6. The number of hydrogen-bond acceptors (Lipinski definition) is 5. The molecule has 1 aromatic heterocycles. The summed E-state index contributed by atoms with van der Waals surface area (Å²) < 4.78 is 13.6. The van der Waals surface area contributed by atoms with Crippen LogP contribution in [0.1, 0.15) is 43.4 Å². The van der Waals surface area contributed by atoms with Gasteiger partial charge in [-0.25, -0.2) is 9.37 Å². The molecule has 2 heterocycles. The van der Waals surface area contributed by atoms with Crippen LogP contribution in [-0.2, 0) is 5.41 Å². The number of thiocarbonyl (C=S) groups is 1. The molecular weight excluding hydrogens is 483 g/mol. The lowest BCUT2D eigenvalue weighted by atomic mass is 9.69. The first kappa shape index (κ1) is 25.4. The van der Waals surface area contributed by atoms with E-state index in [1.165, 1.54) is 30.5 Å². The van der Waals surface area contributed by atoms with E-state index in [1.807, 2.05) is 25.1 Å². The van der Waals surface area contributed by atoms with Crippen molar-refractivity contribution in [3.05, 3.63) is 77.7 Å². The van der Waals surface area contributed by atoms with Gasteiger partial charge in [0.25, 0.3) is 0 Å². The normalized spacial score (nSPS) is 17.4. The Hall–Kier alpha value is -3.26. The molecule has 2 aromatic carbocycles. The number of anilines is 3. The van der Waals surface area contributed by atoms with Crippen LogP contribution in [0, 0.1) is 12.7 Å². The molecule has 0 spiro atoms. The second-order valence-electron chi connectivity index (χ2n) is 10.2. The molecule has 0 amide bonds. The Morgan fingerprint density at radius 1 is 0.919 bits per heavy atom. The molecule has 37 heavy (non-hydrogen) atoms. The number of rotatable bonds is 6. The van der Waals surface area contributed by atoms with Crippen molar-refractivity contribution in [2.24, 2.45) is 0 Å². The van der Waals surface area contributed by atoms with Gasteiger partial charge in [0.05, 0.1) is 0 Å². The predicted octanol–water partition coefficient (Wildman–Crippen LogP) is 5.44. The van der Waals surface area contributed by atoms with E-state index in [2.05, 4.69) is 55.7 Å². The number of nitrogens with one attached hydrogen (secondary N) is 2. The molecule has 1 saturated carbocycles. The SMILES string of the molecule is Cc1cc(N2CCN(c3ccccc3)CC2)nc(NC(=S)NCC2(c3ccc(F)cc3)CCCCC2)n1. The number of aryl methyl sites for hydroxylation is 1. The van der Waals surface area contributed by atoms with Gasteiger partial charge < -0.3 is 20.4 Å². The largest absolute Gasteiger partial charge is 0.368 e. The third kappa shape index (κ3) is 6.18. The molecule has 2 N–H and O–H groups in total. The highest BCUT2D eigenvalue weighted by atomic mass is 32.1. The molecule has 194 valence electrons. The number of piperazine rings is 1. The van der Waals surface area contributed by atoms with E-state index >= 15 is 0 Å². The van der Waals surface area contributed by atoms with Crippen molar-refractivity contribution in [2.75, 3.05) is 47.8 Å². The molecule has 0 radical (unpaired) electrons. The molecule has 0 atom stereocenters. The van der Waals surface area contributed by atoms with Crippen LogP contribution in [0.3, 0.4) is 0 Å². The summed E-state index contributed by atoms with van der Waals surface area (Å²) in [6.45, 7) is 6.37. The molecule has 5 rings (SSSR count). The standard InChI is InChI=1S/C29H35FN6S/c1-22-20-26(36-18-16-35(17-19-36)25-8-4-2-5-9-25)33-27(32-22)34-28(37)31-21-29(14-6-3-7-15-29)23-10-12-24(30)13-11-23/h2,4-5,8-13,20H,3,6-7,14-19,21H2,1H3,(H2,31,32,33,34,37). The number of halogens is 1. The van der Waals surface area contributed by atoms with E-state index < -0.39 is 0 Å². The zero-order valence-electron chi connectivity index (χ0n) is 21.4. The van der Waals surface area contributed by atoms with Crippen molar-refractivity contribution in [1.29, 1.82) is 0 Å². The summed E-state index contributed by atoms with van der Waals surface area (Å²) in [6, 6.07) is 19.5. The molecule has 8 heteroatoms. The monoisotopic (exact) mass is 518 g/mol. The maximum absolute atomic E-state index is 13.6. The summed E-state index contributed by atoms with van der Waals surface area (Å²) in [5.74, 6) is 1.23. The first-order chi connectivity index (χ1) is 18.0. The van der Waals surface area contributed by atoms with Gasteiger partial charge in [0.2, 0.25) is 5.95 Å². The molecule has 1 aliphatic heterocycles. The first-order valence-corrected chi connectivity index (χ1v) is 13.6. The van der Waals surface area contributed by atoms with Gasteiger partial charge >= 0.3 is 0 Å². The lowest BCUT2D eigenvalue weighted by Crippen LogP contribution is -2.47. The van der Waals surface area contributed by atoms with E-state index in [1.54, 1.807) is 12.1 Å². The zero-order valence-corrected chi connectivity index (χ0v) is 22.2. The fourth-order valence-corrected chi connectivity index (χ4v) is 5.76. The summed E-state index contributed by atoms with van der Waals surface area (Å²) in [4.78, 5) is 14.1. The molecule has 1 aliphatic carbocycles. The molecular formula is C29H35FN6S. The van der Waals surface area contributed by atoms with Crippen molar-refractivity contribution in [1.82, 2.24) is 15.3 Å². The van der Waals surface area contributed by atoms with Crippen molar-refractivity contribution in [3.63, 3.8) is 0 Å². The van der Waals surface area contributed by atoms with Crippen molar-refractivity contribution in [2.45, 2.75) is 44.4 Å². The summed E-state index contributed by atoms with van der Waals surface area (Å²) >= 11 is 5.65. The van der Waals surface area contributed by atoms with E-state index in [-0.39, 0.29) is 11.2 Å². The number of hydrogen-bond donors (Lipinski definition) is 2. The van der Waals surface area contributed by atoms with E-state index in [4.69, 9.17) is 17.2 Å². The van der Waals surface area contributed by atoms with Crippen LogP contribution in [-0.4, -0.2) is 47.8 Å². The molecule has 2 aliphatic rings. The second kappa shape index (κ2) is 11.4. The molecule has 0 bridgehead atoms. The van der Waals surface area contributed by atoms with E-state index in [9.17, 15) is 4.39 Å². The van der Waals surface area contributed by atoms with Crippen LogP contribution >= 0.6 is 12.2 Å². The lowest BCUT2D eigenvalue weighted by Gasteiger charge is -2.38. The highest BCUT2D eigenvalue weighted by Gasteiger charge is 2.34. The van der Waals surface area contributed by atoms with Gasteiger partial charge in [-0.05, 0) is 61.8 Å². The lowest BCUT2D eigenvalue weighted by molar-refractivity contribution is 0.292. The first-order valence-electron chi connectivity index (χ1n) is 13.2. The Morgan fingerprint density at radius 3 is 2.30 bits per heavy atom. The zero-order chi connectivity index (χ0) is 25.7. The van der Waals surface area contributed by atoms with Crippen LogP contribution in [0.5, 0.6) is 0 Å². The van der Waals surface area contributed by atoms with Crippen molar-refractivity contribution in [3.8, 4) is 0 Å². The van der Waals surface area contributed by atoms with Crippen molar-refractivity contribution >= 4 is 34.8 Å². The summed E-state index contributed by atoms with van der Waals surface area (Å²) in [5, 5.41) is 7.15. The maximum Gasteiger partial charge on any atom is 0.231 e. The Bertz CT molecular complexity index is 1190. The minimum atomic E-state index is -0.200. The van der Waals surface area contributed by atoms with E-state index in [0.29, 0.717) is 17.6 Å². The van der Waals surface area contributed by atoms with Gasteiger partial charge in [-0.2, -0.15) is 4.98 Å². The molecule has 1 saturated heterocycles. The fraction of sp³-hybridized carbons (Fsp3) is 0.414. The third-order valence-corrected chi connectivity index (χ3v) is 7.89. The Morgan fingerprint density at radius 2 is 1.59 bits per heavy atom.